The van der Waals surface area contributed by atoms with Crippen LogP contribution in [0.5, 0.6) is 0 Å². The topological polar surface area (TPSA) is 80.2 Å². The van der Waals surface area contributed by atoms with Crippen molar-refractivity contribution in [1.82, 2.24) is 15.2 Å². The molecule has 2 N–H and O–H groups in total. The predicted molar refractivity (Wildman–Crippen MR) is 133 cm³/mol. The molecular formula is C27H28ClN3O3. The Morgan fingerprint density at radius 2 is 1.53 bits per heavy atom. The number of rotatable bonds is 7. The third-order valence-electron chi connectivity index (χ3n) is 6.23. The number of amides is 2. The smallest absolute Gasteiger partial charge is 0.257 e. The van der Waals surface area contributed by atoms with Crippen LogP contribution in [-0.2, 0) is 0 Å². The number of hydrogen-bond acceptors (Lipinski definition) is 3. The van der Waals surface area contributed by atoms with Gasteiger partial charge in [-0.1, -0.05) is 66.9 Å². The lowest BCUT2D eigenvalue weighted by Crippen LogP contribution is -2.37. The number of carbonyl (C=O) groups is 2. The third kappa shape index (κ3) is 5.23. The Kier molecular flexibility index (Phi) is 7.48. The van der Waals surface area contributed by atoms with Crippen LogP contribution in [0.25, 0.3) is 0 Å². The first-order valence-corrected chi connectivity index (χ1v) is 12.0. The number of hydrogen-bond donors (Lipinski definition) is 2. The summed E-state index contributed by atoms with van der Waals surface area (Å²) in [5.74, 6) is -0.988. The molecule has 0 aliphatic heterocycles. The summed E-state index contributed by atoms with van der Waals surface area (Å²) in [5, 5.41) is 6.30. The van der Waals surface area contributed by atoms with E-state index in [4.69, 9.17) is 11.6 Å². The van der Waals surface area contributed by atoms with Crippen LogP contribution in [0, 0.1) is 0 Å². The van der Waals surface area contributed by atoms with Gasteiger partial charge >= 0.3 is 0 Å². The second kappa shape index (κ2) is 10.7. The second-order valence-corrected chi connectivity index (χ2v) is 8.96. The van der Waals surface area contributed by atoms with Crippen molar-refractivity contribution in [3.8, 4) is 0 Å². The first-order chi connectivity index (χ1) is 16.5. The van der Waals surface area contributed by atoms with E-state index in [1.165, 1.54) is 0 Å². The average molecular weight is 478 g/mol. The molecule has 34 heavy (non-hydrogen) atoms. The third-order valence-corrected chi connectivity index (χ3v) is 6.48. The second-order valence-electron chi connectivity index (χ2n) is 8.53. The Balaban J connectivity index is 1.74. The highest BCUT2D eigenvalue weighted by molar-refractivity contribution is 6.30. The minimum atomic E-state index is -0.569. The van der Waals surface area contributed by atoms with Gasteiger partial charge in [0.15, 0.2) is 0 Å². The number of benzene rings is 2. The lowest BCUT2D eigenvalue weighted by atomic mass is 9.98. The lowest BCUT2D eigenvalue weighted by molar-refractivity contribution is 0.0940. The van der Waals surface area contributed by atoms with Gasteiger partial charge in [0.1, 0.15) is 11.1 Å². The molecule has 1 fully saturated rings. The van der Waals surface area contributed by atoms with Gasteiger partial charge in [0.25, 0.3) is 11.8 Å². The highest BCUT2D eigenvalue weighted by atomic mass is 35.5. The minimum Gasteiger partial charge on any atom is -0.352 e. The maximum atomic E-state index is 13.5. The number of nitrogens with zero attached hydrogens (tertiary/aromatic N) is 1. The van der Waals surface area contributed by atoms with E-state index in [2.05, 4.69) is 10.6 Å². The molecule has 1 atom stereocenters. The van der Waals surface area contributed by atoms with E-state index in [1.54, 1.807) is 31.5 Å². The van der Waals surface area contributed by atoms with Gasteiger partial charge in [-0.2, -0.15) is 0 Å². The molecule has 1 heterocycles. The van der Waals surface area contributed by atoms with Crippen LogP contribution in [0.4, 0.5) is 0 Å². The molecule has 0 unspecified atom stereocenters. The van der Waals surface area contributed by atoms with E-state index >= 15 is 0 Å². The highest BCUT2D eigenvalue weighted by Crippen LogP contribution is 2.29. The summed E-state index contributed by atoms with van der Waals surface area (Å²) in [5.41, 5.74) is 1.09. The summed E-state index contributed by atoms with van der Waals surface area (Å²) < 4.78 is 1.87. The first kappa shape index (κ1) is 23.8. The Morgan fingerprint density at radius 3 is 2.15 bits per heavy atom. The van der Waals surface area contributed by atoms with E-state index < -0.39 is 23.3 Å². The summed E-state index contributed by atoms with van der Waals surface area (Å²) >= 11 is 6.07. The van der Waals surface area contributed by atoms with Gasteiger partial charge in [0.05, 0.1) is 6.04 Å². The van der Waals surface area contributed by atoms with Gasteiger partial charge in [-0.15, -0.1) is 0 Å². The van der Waals surface area contributed by atoms with E-state index in [1.807, 2.05) is 47.0 Å². The fourth-order valence-electron chi connectivity index (χ4n) is 4.46. The van der Waals surface area contributed by atoms with Gasteiger partial charge in [-0.3, -0.25) is 14.4 Å². The SMILES string of the molecule is CCNC(=O)c1cn(C2CCCC2)cc(C(=O)N[C@@H](c2ccccc2)c2ccc(Cl)cc2)c1=O. The van der Waals surface area contributed by atoms with Gasteiger partial charge in [0, 0.05) is 30.0 Å². The van der Waals surface area contributed by atoms with Crippen molar-refractivity contribution < 1.29 is 9.59 Å². The van der Waals surface area contributed by atoms with Crippen LogP contribution in [0.15, 0.2) is 71.8 Å². The molecule has 6 nitrogen and oxygen atoms in total. The number of aromatic nitrogens is 1. The molecule has 0 bridgehead atoms. The number of carbonyl (C=O) groups excluding carboxylic acids is 2. The Labute approximate surface area is 204 Å². The first-order valence-electron chi connectivity index (χ1n) is 11.6. The van der Waals surface area contributed by atoms with Crippen LogP contribution in [0.3, 0.4) is 0 Å². The largest absolute Gasteiger partial charge is 0.352 e. The minimum absolute atomic E-state index is 0.0100. The molecular weight excluding hydrogens is 450 g/mol. The van der Waals surface area contributed by atoms with Gasteiger partial charge < -0.3 is 15.2 Å². The summed E-state index contributed by atoms with van der Waals surface area (Å²) in [7, 11) is 0. The Morgan fingerprint density at radius 1 is 0.941 bits per heavy atom. The normalized spacial score (nSPS) is 14.5. The zero-order valence-electron chi connectivity index (χ0n) is 19.1. The molecule has 7 heteroatoms. The molecule has 1 aromatic heterocycles. The maximum Gasteiger partial charge on any atom is 0.257 e. The van der Waals surface area contributed by atoms with Crippen molar-refractivity contribution in [2.45, 2.75) is 44.7 Å². The monoisotopic (exact) mass is 477 g/mol. The fraction of sp³-hybridized carbons (Fsp3) is 0.296. The van der Waals surface area contributed by atoms with Crippen LogP contribution in [-0.4, -0.2) is 22.9 Å². The molecule has 0 saturated heterocycles. The Bertz CT molecular complexity index is 1220. The zero-order valence-corrected chi connectivity index (χ0v) is 19.8. The molecule has 3 aromatic rings. The van der Waals surface area contributed by atoms with Crippen LogP contribution < -0.4 is 16.1 Å². The van der Waals surface area contributed by atoms with Crippen molar-refractivity contribution in [3.05, 3.63) is 104 Å². The van der Waals surface area contributed by atoms with Crippen molar-refractivity contribution >= 4 is 23.4 Å². The molecule has 1 aliphatic rings. The average Bonchev–Trinajstić information content (AvgIpc) is 3.39. The molecule has 2 amide bonds. The maximum absolute atomic E-state index is 13.5. The van der Waals surface area contributed by atoms with E-state index in [9.17, 15) is 14.4 Å². The quantitative estimate of drug-likeness (QED) is 0.508. The zero-order chi connectivity index (χ0) is 24.1. The predicted octanol–water partition coefficient (Wildman–Crippen LogP) is 4.89. The molecule has 4 rings (SSSR count). The number of pyridine rings is 1. The molecule has 0 spiro atoms. The van der Waals surface area contributed by atoms with Gasteiger partial charge in [-0.25, -0.2) is 0 Å². The molecule has 1 aliphatic carbocycles. The summed E-state index contributed by atoms with van der Waals surface area (Å²) in [4.78, 5) is 39.4. The van der Waals surface area contributed by atoms with E-state index in [0.29, 0.717) is 11.6 Å². The molecule has 2 aromatic carbocycles. The Hall–Kier alpha value is -3.38. The summed E-state index contributed by atoms with van der Waals surface area (Å²) in [6.07, 6.45) is 7.27. The van der Waals surface area contributed by atoms with Crippen molar-refractivity contribution in [2.75, 3.05) is 6.54 Å². The summed E-state index contributed by atoms with van der Waals surface area (Å²) in [6, 6.07) is 16.4. The molecule has 176 valence electrons. The van der Waals surface area contributed by atoms with Crippen molar-refractivity contribution in [3.63, 3.8) is 0 Å². The number of nitrogens with one attached hydrogen (secondary N) is 2. The van der Waals surface area contributed by atoms with Gasteiger partial charge in [-0.05, 0) is 43.0 Å². The van der Waals surface area contributed by atoms with Crippen LogP contribution >= 0.6 is 11.6 Å². The standard InChI is InChI=1S/C27H28ClN3O3/c1-2-29-26(33)22-16-31(21-10-6-7-11-21)17-23(25(22)32)27(34)30-24(18-8-4-3-5-9-18)19-12-14-20(28)15-13-19/h3-5,8-9,12-17,21,24H,2,6-7,10-11H2,1H3,(H,29,33)(H,30,34)/t24-/m0/s1. The van der Waals surface area contributed by atoms with Crippen molar-refractivity contribution in [2.24, 2.45) is 0 Å². The van der Waals surface area contributed by atoms with Gasteiger partial charge in [0.2, 0.25) is 5.43 Å². The summed E-state index contributed by atoms with van der Waals surface area (Å²) in [6.45, 7) is 2.19. The van der Waals surface area contributed by atoms with Crippen molar-refractivity contribution in [1.29, 1.82) is 0 Å². The number of halogens is 1. The van der Waals surface area contributed by atoms with E-state index in [0.717, 1.165) is 36.8 Å². The van der Waals surface area contributed by atoms with Crippen LogP contribution in [0.2, 0.25) is 5.02 Å². The molecule has 1 saturated carbocycles. The van der Waals surface area contributed by atoms with E-state index in [-0.39, 0.29) is 17.2 Å². The fourth-order valence-corrected chi connectivity index (χ4v) is 4.58. The lowest BCUT2D eigenvalue weighted by Gasteiger charge is -2.21. The highest BCUT2D eigenvalue weighted by Gasteiger charge is 2.25. The molecule has 0 radical (unpaired) electrons. The van der Waals surface area contributed by atoms with Crippen LogP contribution in [0.1, 0.15) is 76.5 Å².